The number of rotatable bonds is 7. The smallest absolute Gasteiger partial charge is 0.250 e. The summed E-state index contributed by atoms with van der Waals surface area (Å²) in [5, 5.41) is 14.2. The lowest BCUT2D eigenvalue weighted by Crippen LogP contribution is -2.42. The van der Waals surface area contributed by atoms with Gasteiger partial charge in [0, 0.05) is 18.3 Å². The Labute approximate surface area is 219 Å². The molecule has 1 unspecified atom stereocenters. The van der Waals surface area contributed by atoms with Gasteiger partial charge in [-0.3, -0.25) is 19.8 Å². The average molecular weight is 528 g/mol. The van der Waals surface area contributed by atoms with Gasteiger partial charge in [-0.15, -0.1) is 10.2 Å². The predicted molar refractivity (Wildman–Crippen MR) is 140 cm³/mol. The maximum absolute atomic E-state index is 12.5. The van der Waals surface area contributed by atoms with Crippen molar-refractivity contribution >= 4 is 40.5 Å². The number of carbonyl (C=O) groups is 1. The molecule has 1 saturated heterocycles. The minimum atomic E-state index is -0.889. The van der Waals surface area contributed by atoms with Crippen LogP contribution in [0.4, 0.5) is 5.69 Å². The molecule has 4 N–H and O–H groups in total. The summed E-state index contributed by atoms with van der Waals surface area (Å²) in [7, 11) is 1.63. The third kappa shape index (κ3) is 4.74. The number of hydrazine groups is 1. The molecule has 188 valence electrons. The molecule has 11 heteroatoms. The van der Waals surface area contributed by atoms with E-state index in [-0.39, 0.29) is 0 Å². The van der Waals surface area contributed by atoms with Crippen LogP contribution in [0.1, 0.15) is 41.8 Å². The van der Waals surface area contributed by atoms with Crippen LogP contribution in [0.25, 0.3) is 5.70 Å². The van der Waals surface area contributed by atoms with Gasteiger partial charge in [0.1, 0.15) is 12.1 Å². The minimum Gasteiger partial charge on any atom is -0.495 e. The summed E-state index contributed by atoms with van der Waals surface area (Å²) in [6, 6.07) is 10.7. The fourth-order valence-electron chi connectivity index (χ4n) is 4.79. The lowest BCUT2D eigenvalue weighted by atomic mass is 9.90. The van der Waals surface area contributed by atoms with Crippen LogP contribution < -0.4 is 21.2 Å². The number of allylic oxidation sites excluding steroid dienone is 1. The van der Waals surface area contributed by atoms with Gasteiger partial charge in [0.25, 0.3) is 0 Å². The molecule has 1 aromatic heterocycles. The Morgan fingerprint density at radius 1 is 1.25 bits per heavy atom. The number of amides is 1. The van der Waals surface area contributed by atoms with E-state index in [4.69, 9.17) is 33.7 Å². The molecule has 0 bridgehead atoms. The first-order valence-electron chi connectivity index (χ1n) is 11.7. The highest BCUT2D eigenvalue weighted by molar-refractivity contribution is 6.42. The van der Waals surface area contributed by atoms with Gasteiger partial charge in [-0.2, -0.15) is 0 Å². The first kappa shape index (κ1) is 24.4. The van der Waals surface area contributed by atoms with E-state index in [9.17, 15) is 4.79 Å². The summed E-state index contributed by atoms with van der Waals surface area (Å²) in [5.41, 5.74) is 12.7. The van der Waals surface area contributed by atoms with E-state index in [0.717, 1.165) is 37.2 Å². The van der Waals surface area contributed by atoms with Crippen molar-refractivity contribution in [3.8, 4) is 5.75 Å². The molecule has 0 spiro atoms. The summed E-state index contributed by atoms with van der Waals surface area (Å²) >= 11 is 12.7. The number of nitrogens with one attached hydrogen (secondary N) is 2. The van der Waals surface area contributed by atoms with Gasteiger partial charge in [0.05, 0.1) is 22.8 Å². The summed E-state index contributed by atoms with van der Waals surface area (Å²) in [5.74, 6) is 0.984. The van der Waals surface area contributed by atoms with Crippen LogP contribution in [-0.2, 0) is 11.2 Å². The van der Waals surface area contributed by atoms with Gasteiger partial charge in [-0.1, -0.05) is 41.4 Å². The highest BCUT2D eigenvalue weighted by atomic mass is 35.5. The number of methoxy groups -OCH3 is 1. The van der Waals surface area contributed by atoms with Crippen molar-refractivity contribution in [1.29, 1.82) is 0 Å². The maximum atomic E-state index is 12.5. The van der Waals surface area contributed by atoms with Crippen molar-refractivity contribution in [2.45, 2.75) is 31.2 Å². The SMILES string of the molecule is COc1cc(C2CCNCC2)ccc1NN1C=C(Cc2cccc(Cl)c2Cl)n2cnnc2C1C(N)=O. The van der Waals surface area contributed by atoms with Crippen LogP contribution in [-0.4, -0.2) is 45.9 Å². The highest BCUT2D eigenvalue weighted by Gasteiger charge is 2.35. The van der Waals surface area contributed by atoms with E-state index >= 15 is 0 Å². The third-order valence-electron chi connectivity index (χ3n) is 6.65. The number of halogens is 2. The molecule has 2 aliphatic heterocycles. The normalized spacial score (nSPS) is 17.9. The zero-order valence-corrected chi connectivity index (χ0v) is 21.3. The largest absolute Gasteiger partial charge is 0.495 e. The highest BCUT2D eigenvalue weighted by Crippen LogP contribution is 2.36. The van der Waals surface area contributed by atoms with E-state index in [2.05, 4.69) is 33.1 Å². The molecule has 1 amide bonds. The quantitative estimate of drug-likeness (QED) is 0.426. The fourth-order valence-corrected chi connectivity index (χ4v) is 5.18. The summed E-state index contributed by atoms with van der Waals surface area (Å²) in [6.45, 7) is 2.01. The molecule has 2 aromatic carbocycles. The molecule has 36 heavy (non-hydrogen) atoms. The lowest BCUT2D eigenvalue weighted by Gasteiger charge is -2.34. The van der Waals surface area contributed by atoms with Gasteiger partial charge in [0.15, 0.2) is 11.9 Å². The number of primary amides is 1. The molecule has 1 atom stereocenters. The number of nitrogens with two attached hydrogens (primary N) is 1. The standard InChI is InChI=1S/C25H27Cl2N7O2/c1-36-21-12-16(15-7-9-29-10-8-15)5-6-20(21)32-34-13-18(11-17-3-2-4-19(26)22(17)27)33-14-30-31-25(33)23(34)24(28)35/h2-6,12-15,23,29,32H,7-11H2,1H3,(H2,28,35). The van der Waals surface area contributed by atoms with Crippen LogP contribution in [0.15, 0.2) is 48.9 Å². The molecule has 1 fully saturated rings. The number of anilines is 1. The van der Waals surface area contributed by atoms with Gasteiger partial charge in [-0.05, 0) is 61.2 Å². The molecular weight excluding hydrogens is 501 g/mol. The van der Waals surface area contributed by atoms with E-state index in [1.54, 1.807) is 29.1 Å². The average Bonchev–Trinajstić information content (AvgIpc) is 3.37. The monoisotopic (exact) mass is 527 g/mol. The van der Waals surface area contributed by atoms with Gasteiger partial charge >= 0.3 is 0 Å². The van der Waals surface area contributed by atoms with Crippen LogP contribution in [0, 0.1) is 0 Å². The first-order valence-corrected chi connectivity index (χ1v) is 12.5. The lowest BCUT2D eigenvalue weighted by molar-refractivity contribution is -0.122. The molecule has 3 heterocycles. The zero-order valence-electron chi connectivity index (χ0n) is 19.7. The maximum Gasteiger partial charge on any atom is 0.250 e. The molecule has 9 nitrogen and oxygen atoms in total. The molecule has 0 radical (unpaired) electrons. The molecule has 0 aliphatic carbocycles. The third-order valence-corrected chi connectivity index (χ3v) is 7.51. The molecular formula is C25H27Cl2N7O2. The Hall–Kier alpha value is -3.27. The number of nitrogens with zero attached hydrogens (tertiary/aromatic N) is 4. The zero-order chi connectivity index (χ0) is 25.2. The van der Waals surface area contributed by atoms with E-state index in [1.165, 1.54) is 5.56 Å². The number of aromatic nitrogens is 3. The number of ether oxygens (including phenoxy) is 1. The molecule has 2 aliphatic rings. The van der Waals surface area contributed by atoms with Crippen molar-refractivity contribution in [3.63, 3.8) is 0 Å². The van der Waals surface area contributed by atoms with Crippen LogP contribution in [0.2, 0.25) is 10.0 Å². The van der Waals surface area contributed by atoms with Crippen molar-refractivity contribution in [3.05, 3.63) is 75.9 Å². The van der Waals surface area contributed by atoms with Crippen LogP contribution >= 0.6 is 23.2 Å². The van der Waals surface area contributed by atoms with Gasteiger partial charge < -0.3 is 15.8 Å². The Kier molecular flexibility index (Phi) is 7.04. The topological polar surface area (TPSA) is 110 Å². The van der Waals surface area contributed by atoms with Gasteiger partial charge in [0.2, 0.25) is 5.91 Å². The minimum absolute atomic E-state index is 0.399. The van der Waals surface area contributed by atoms with Crippen molar-refractivity contribution in [1.82, 2.24) is 25.1 Å². The molecule has 5 rings (SSSR count). The van der Waals surface area contributed by atoms with E-state index in [1.807, 2.05) is 24.4 Å². The summed E-state index contributed by atoms with van der Waals surface area (Å²) in [4.78, 5) is 12.5. The Balaban J connectivity index is 1.49. The Morgan fingerprint density at radius 2 is 2.06 bits per heavy atom. The number of hydrogen-bond donors (Lipinski definition) is 3. The number of piperidine rings is 1. The number of fused-ring (bicyclic) bond motifs is 1. The fraction of sp³-hybridized carbons (Fsp3) is 0.320. The van der Waals surface area contributed by atoms with E-state index < -0.39 is 11.9 Å². The summed E-state index contributed by atoms with van der Waals surface area (Å²) < 4.78 is 7.47. The Bertz CT molecular complexity index is 1300. The number of benzene rings is 2. The van der Waals surface area contributed by atoms with Crippen LogP contribution in [0.3, 0.4) is 0 Å². The van der Waals surface area contributed by atoms with Gasteiger partial charge in [-0.25, -0.2) is 0 Å². The van der Waals surface area contributed by atoms with Crippen molar-refractivity contribution in [2.24, 2.45) is 5.73 Å². The number of carbonyl (C=O) groups excluding carboxylic acids is 1. The second-order valence-electron chi connectivity index (χ2n) is 8.88. The second-order valence-corrected chi connectivity index (χ2v) is 9.66. The summed E-state index contributed by atoms with van der Waals surface area (Å²) in [6.07, 6.45) is 5.96. The molecule has 0 saturated carbocycles. The first-order chi connectivity index (χ1) is 17.5. The number of hydrogen-bond acceptors (Lipinski definition) is 7. The second kappa shape index (κ2) is 10.4. The Morgan fingerprint density at radius 3 is 2.81 bits per heavy atom. The predicted octanol–water partition coefficient (Wildman–Crippen LogP) is 3.97. The van der Waals surface area contributed by atoms with E-state index in [0.29, 0.717) is 39.6 Å². The molecule has 3 aromatic rings. The van der Waals surface area contributed by atoms with Crippen molar-refractivity contribution < 1.29 is 9.53 Å². The van der Waals surface area contributed by atoms with Crippen molar-refractivity contribution in [2.75, 3.05) is 25.6 Å². The van der Waals surface area contributed by atoms with Crippen LogP contribution in [0.5, 0.6) is 5.75 Å².